The lowest BCUT2D eigenvalue weighted by atomic mass is 9.94. The lowest BCUT2D eigenvalue weighted by molar-refractivity contribution is -0.126. The van der Waals surface area contributed by atoms with Crippen molar-refractivity contribution in [2.45, 2.75) is 48.2 Å². The number of phenolic OH excluding ortho intramolecular Hbond substituents is 1. The third-order valence-corrected chi connectivity index (χ3v) is 8.46. The second-order valence-electron chi connectivity index (χ2n) is 10.4. The molecule has 9 nitrogen and oxygen atoms in total. The van der Waals surface area contributed by atoms with Gasteiger partial charge in [0.2, 0.25) is 5.91 Å². The summed E-state index contributed by atoms with van der Waals surface area (Å²) < 4.78 is 40.2. The molecule has 3 aromatic rings. The molecular formula is C28H27F3N6O3S. The van der Waals surface area contributed by atoms with Gasteiger partial charge in [-0.15, -0.1) is 0 Å². The maximum Gasteiger partial charge on any atom is 0.447 e. The lowest BCUT2D eigenvalue weighted by Crippen LogP contribution is -2.46. The molecule has 0 spiro atoms. The van der Waals surface area contributed by atoms with Gasteiger partial charge in [-0.2, -0.15) is 18.3 Å². The van der Waals surface area contributed by atoms with Gasteiger partial charge >= 0.3 is 5.51 Å². The molecule has 1 aliphatic carbocycles. The lowest BCUT2D eigenvalue weighted by Gasteiger charge is -2.38. The fourth-order valence-corrected chi connectivity index (χ4v) is 6.24. The van der Waals surface area contributed by atoms with Crippen molar-refractivity contribution in [1.29, 1.82) is 0 Å². The van der Waals surface area contributed by atoms with E-state index in [1.807, 2.05) is 12.1 Å². The zero-order valence-electron chi connectivity index (χ0n) is 21.9. The molecule has 0 radical (unpaired) electrons. The van der Waals surface area contributed by atoms with Gasteiger partial charge in [-0.3, -0.25) is 9.59 Å². The summed E-state index contributed by atoms with van der Waals surface area (Å²) in [5.74, 6) is -0.191. The van der Waals surface area contributed by atoms with E-state index in [9.17, 15) is 27.9 Å². The fourth-order valence-electron chi connectivity index (χ4n) is 5.71. The molecule has 2 aromatic heterocycles. The number of benzene rings is 1. The number of halogens is 3. The second-order valence-corrected chi connectivity index (χ2v) is 11.5. The molecule has 3 aliphatic rings. The third kappa shape index (κ3) is 5.14. The Morgan fingerprint density at radius 3 is 2.61 bits per heavy atom. The maximum absolute atomic E-state index is 13.8. The number of nitrogen functional groups attached to an aromatic ring is 1. The van der Waals surface area contributed by atoms with E-state index >= 15 is 0 Å². The van der Waals surface area contributed by atoms with E-state index in [4.69, 9.17) is 10.8 Å². The first kappa shape index (κ1) is 27.2. The van der Waals surface area contributed by atoms with Gasteiger partial charge in [-0.1, -0.05) is 12.6 Å². The Morgan fingerprint density at radius 1 is 1.17 bits per heavy atom. The molecule has 2 aliphatic heterocycles. The summed E-state index contributed by atoms with van der Waals surface area (Å²) in [6.45, 7) is 4.35. The Labute approximate surface area is 237 Å². The number of rotatable bonds is 5. The van der Waals surface area contributed by atoms with Crippen molar-refractivity contribution in [3.8, 4) is 11.4 Å². The van der Waals surface area contributed by atoms with E-state index in [0.717, 1.165) is 41.9 Å². The van der Waals surface area contributed by atoms with Crippen LogP contribution in [0.4, 0.5) is 18.9 Å². The predicted molar refractivity (Wildman–Crippen MR) is 146 cm³/mol. The number of nitrogens with zero attached hydrogens (tertiary/aromatic N) is 5. The topological polar surface area (TPSA) is 118 Å². The fraction of sp³-hybridized carbons (Fsp3) is 0.357. The number of alkyl halides is 3. The van der Waals surface area contributed by atoms with Crippen molar-refractivity contribution in [1.82, 2.24) is 24.6 Å². The molecule has 1 fully saturated rings. The van der Waals surface area contributed by atoms with Crippen molar-refractivity contribution < 1.29 is 27.9 Å². The number of hydrogen-bond acceptors (Lipinski definition) is 7. The molecule has 1 unspecified atom stereocenters. The molecule has 1 atom stereocenters. The molecule has 3 N–H and O–H groups in total. The Morgan fingerprint density at radius 2 is 1.95 bits per heavy atom. The Bertz CT molecular complexity index is 1570. The molecule has 41 heavy (non-hydrogen) atoms. The van der Waals surface area contributed by atoms with Gasteiger partial charge in [0.15, 0.2) is 0 Å². The van der Waals surface area contributed by atoms with Crippen LogP contribution in [-0.4, -0.2) is 66.6 Å². The number of carbonyl (C=O) groups is 2. The highest BCUT2D eigenvalue weighted by atomic mass is 32.2. The van der Waals surface area contributed by atoms with Crippen LogP contribution in [0.25, 0.3) is 5.69 Å². The van der Waals surface area contributed by atoms with Crippen LogP contribution in [0.15, 0.2) is 48.1 Å². The molecular weight excluding hydrogens is 557 g/mol. The molecule has 6 rings (SSSR count). The normalized spacial score (nSPS) is 18.6. The molecule has 13 heteroatoms. The predicted octanol–water partition coefficient (Wildman–Crippen LogP) is 4.35. The van der Waals surface area contributed by atoms with Crippen molar-refractivity contribution in [2.75, 3.05) is 25.4 Å². The van der Waals surface area contributed by atoms with E-state index in [-0.39, 0.29) is 41.0 Å². The number of aromatic hydroxyl groups is 1. The molecule has 2 amide bonds. The number of hydrogen-bond donors (Lipinski definition) is 2. The Balaban J connectivity index is 1.38. The quantitative estimate of drug-likeness (QED) is 0.338. The zero-order valence-corrected chi connectivity index (χ0v) is 22.7. The molecule has 4 heterocycles. The van der Waals surface area contributed by atoms with Gasteiger partial charge in [0.1, 0.15) is 16.5 Å². The minimum atomic E-state index is -4.54. The number of aromatic nitrogens is 3. The van der Waals surface area contributed by atoms with Crippen LogP contribution >= 0.6 is 11.8 Å². The van der Waals surface area contributed by atoms with Gasteiger partial charge < -0.3 is 20.6 Å². The van der Waals surface area contributed by atoms with E-state index in [1.54, 1.807) is 20.5 Å². The second kappa shape index (κ2) is 10.1. The SMILES string of the molecule is C=CC(=O)N1CCc2nn(-c3ccc(C4CC4)cc3O)c3c2C(C1)N(C(=O)c1cnc(SC(F)(F)F)cc1N)CC3. The number of amides is 2. The monoisotopic (exact) mass is 584 g/mol. The first-order valence-corrected chi connectivity index (χ1v) is 14.0. The number of carbonyl (C=O) groups excluding carboxylic acids is 2. The summed E-state index contributed by atoms with van der Waals surface area (Å²) in [5, 5.41) is 15.4. The highest BCUT2D eigenvalue weighted by molar-refractivity contribution is 8.00. The van der Waals surface area contributed by atoms with Crippen LogP contribution in [0.1, 0.15) is 57.7 Å². The number of anilines is 1. The first-order chi connectivity index (χ1) is 19.5. The van der Waals surface area contributed by atoms with Crippen molar-refractivity contribution in [3.63, 3.8) is 0 Å². The molecule has 214 valence electrons. The van der Waals surface area contributed by atoms with Gasteiger partial charge in [0, 0.05) is 61.7 Å². The van der Waals surface area contributed by atoms with Crippen LogP contribution in [-0.2, 0) is 17.6 Å². The van der Waals surface area contributed by atoms with Crippen molar-refractivity contribution >= 4 is 29.3 Å². The summed E-state index contributed by atoms with van der Waals surface area (Å²) in [5.41, 5.74) is 5.33. The van der Waals surface area contributed by atoms with E-state index in [1.165, 1.54) is 6.08 Å². The van der Waals surface area contributed by atoms with E-state index < -0.39 is 29.2 Å². The van der Waals surface area contributed by atoms with Crippen LogP contribution in [0.5, 0.6) is 5.75 Å². The van der Waals surface area contributed by atoms with Gasteiger partial charge in [-0.25, -0.2) is 9.67 Å². The van der Waals surface area contributed by atoms with E-state index in [0.29, 0.717) is 36.7 Å². The number of thioether (sulfide) groups is 1. The minimum absolute atomic E-state index is 0.0203. The number of nitrogens with two attached hydrogens (primary N) is 1. The van der Waals surface area contributed by atoms with Crippen LogP contribution in [0.3, 0.4) is 0 Å². The van der Waals surface area contributed by atoms with Gasteiger partial charge in [-0.05, 0) is 48.6 Å². The summed E-state index contributed by atoms with van der Waals surface area (Å²) >= 11 is -0.407. The summed E-state index contributed by atoms with van der Waals surface area (Å²) in [6.07, 6.45) is 5.33. The third-order valence-electron chi connectivity index (χ3n) is 7.79. The van der Waals surface area contributed by atoms with Crippen LogP contribution in [0, 0.1) is 0 Å². The smallest absolute Gasteiger partial charge is 0.447 e. The summed E-state index contributed by atoms with van der Waals surface area (Å²) in [7, 11) is 0. The minimum Gasteiger partial charge on any atom is -0.506 e. The Hall–Kier alpha value is -4.00. The standard InChI is InChI=1S/C28H27F3N6O3S/c1-2-25(39)35-9-7-19-26-21(37(34-19)20-6-5-16(11-23(20)38)15-3-4-15)8-10-36(22(26)14-35)27(40)17-13-33-24(12-18(17)32)41-28(29,30)31/h2,5-6,11-13,15,22,38H,1,3-4,7-10,14H2,(H2,32,33). The van der Waals surface area contributed by atoms with Gasteiger partial charge in [0.05, 0.1) is 23.0 Å². The Kier molecular flexibility index (Phi) is 6.71. The average Bonchev–Trinajstić information content (AvgIpc) is 3.73. The summed E-state index contributed by atoms with van der Waals surface area (Å²) in [4.78, 5) is 33.5. The summed E-state index contributed by atoms with van der Waals surface area (Å²) in [6, 6.07) is 6.09. The average molecular weight is 585 g/mol. The zero-order chi connectivity index (χ0) is 29.1. The van der Waals surface area contributed by atoms with E-state index in [2.05, 4.69) is 11.6 Å². The molecule has 1 aromatic carbocycles. The highest BCUT2D eigenvalue weighted by Crippen LogP contribution is 2.43. The molecule has 0 saturated heterocycles. The molecule has 1 saturated carbocycles. The van der Waals surface area contributed by atoms with Crippen LogP contribution < -0.4 is 5.73 Å². The van der Waals surface area contributed by atoms with Crippen molar-refractivity contribution in [2.24, 2.45) is 0 Å². The number of phenols is 1. The van der Waals surface area contributed by atoms with Crippen molar-refractivity contribution in [3.05, 3.63) is 71.2 Å². The molecule has 0 bridgehead atoms. The maximum atomic E-state index is 13.8. The first-order valence-electron chi connectivity index (χ1n) is 13.2. The number of pyridine rings is 1. The van der Waals surface area contributed by atoms with Gasteiger partial charge in [0.25, 0.3) is 5.91 Å². The van der Waals surface area contributed by atoms with Crippen LogP contribution in [0.2, 0.25) is 0 Å². The highest BCUT2D eigenvalue weighted by Gasteiger charge is 2.41. The largest absolute Gasteiger partial charge is 0.506 e.